The van der Waals surface area contributed by atoms with Crippen molar-refractivity contribution in [3.63, 3.8) is 0 Å². The Bertz CT molecular complexity index is 1100. The molecule has 1 N–H and O–H groups in total. The molecule has 1 heterocycles. The first-order valence-corrected chi connectivity index (χ1v) is 16.0. The summed E-state index contributed by atoms with van der Waals surface area (Å²) in [6.07, 6.45) is 7.33. The lowest BCUT2D eigenvalue weighted by Crippen LogP contribution is -2.34. The maximum atomic E-state index is 10.9. The molecule has 0 atom stereocenters. The Morgan fingerprint density at radius 2 is 1.69 bits per heavy atom. The number of piperidine rings is 1. The molecule has 0 aromatic heterocycles. The van der Waals surface area contributed by atoms with Gasteiger partial charge in [-0.15, -0.1) is 0 Å². The number of aryl methyl sites for hydroxylation is 1. The zero-order chi connectivity index (χ0) is 31.7. The summed E-state index contributed by atoms with van der Waals surface area (Å²) in [4.78, 5) is 25.3. The fraction of sp³-hybridized carbons (Fsp3) is 0.556. The molecule has 6 heteroatoms. The van der Waals surface area contributed by atoms with Crippen LogP contribution in [-0.2, 0) is 9.59 Å². The number of likely N-dealkylation sites (tertiary alicyclic amines) is 1. The van der Waals surface area contributed by atoms with Crippen LogP contribution >= 0.6 is 11.6 Å². The number of rotatable bonds is 11. The van der Waals surface area contributed by atoms with E-state index in [1.165, 1.54) is 30.5 Å². The molecule has 5 nitrogen and oxygen atoms in total. The Kier molecular flexibility index (Phi) is 17.2. The largest absolute Gasteiger partial charge is 0.372 e. The molecule has 1 aliphatic heterocycles. The molecule has 2 aromatic rings. The highest BCUT2D eigenvalue weighted by Gasteiger charge is 2.20. The minimum atomic E-state index is 0.200. The van der Waals surface area contributed by atoms with Crippen molar-refractivity contribution in [3.05, 3.63) is 65.2 Å². The lowest BCUT2D eigenvalue weighted by molar-refractivity contribution is -0.125. The molecule has 0 unspecified atom stereocenters. The van der Waals surface area contributed by atoms with E-state index in [0.717, 1.165) is 73.8 Å². The molecule has 3 rings (SSSR count). The Morgan fingerprint density at radius 1 is 1.07 bits per heavy atom. The number of nitrogens with one attached hydrogen (secondary N) is 1. The molecule has 0 spiro atoms. The highest BCUT2D eigenvalue weighted by Crippen LogP contribution is 2.30. The smallest absolute Gasteiger partial charge is 0.209 e. The molecule has 0 bridgehead atoms. The summed E-state index contributed by atoms with van der Waals surface area (Å²) in [5, 5.41) is 4.14. The molecule has 0 saturated carbocycles. The first-order valence-electron chi connectivity index (χ1n) is 15.6. The van der Waals surface area contributed by atoms with Gasteiger partial charge >= 0.3 is 0 Å². The van der Waals surface area contributed by atoms with Gasteiger partial charge in [0.25, 0.3) is 0 Å². The summed E-state index contributed by atoms with van der Waals surface area (Å²) in [5.41, 5.74) is 5.78. The van der Waals surface area contributed by atoms with Gasteiger partial charge in [0, 0.05) is 54.7 Å². The number of amides is 1. The minimum Gasteiger partial charge on any atom is -0.372 e. The topological polar surface area (TPSA) is 52.7 Å². The zero-order valence-electron chi connectivity index (χ0n) is 27.6. The molecule has 1 fully saturated rings. The van der Waals surface area contributed by atoms with Gasteiger partial charge in [0.1, 0.15) is 5.78 Å². The second-order valence-electron chi connectivity index (χ2n) is 12.4. The predicted octanol–water partition coefficient (Wildman–Crippen LogP) is 9.63. The molecule has 2 aromatic carbocycles. The number of hydrogen-bond donors (Lipinski definition) is 1. The average molecular weight is 598 g/mol. The minimum absolute atomic E-state index is 0.200. The van der Waals surface area contributed by atoms with Gasteiger partial charge in [-0.3, -0.25) is 9.59 Å². The van der Waals surface area contributed by atoms with Gasteiger partial charge in [0.05, 0.1) is 5.02 Å². The Labute approximate surface area is 261 Å². The number of anilines is 2. The summed E-state index contributed by atoms with van der Waals surface area (Å²) in [7, 11) is 0. The SMILES string of the molecule is C=C(Nc1ccccc1C)c1cc(N(CCC)CCCC)ccc1Cl.CC(=O)C1CCN(C=O)CC1.CCC(C)(C)C. The fourth-order valence-corrected chi connectivity index (χ4v) is 4.52. The van der Waals surface area contributed by atoms with Gasteiger partial charge < -0.3 is 15.1 Å². The summed E-state index contributed by atoms with van der Waals surface area (Å²) in [6, 6.07) is 14.4. The van der Waals surface area contributed by atoms with E-state index in [9.17, 15) is 9.59 Å². The molecule has 1 aliphatic rings. The molecule has 42 heavy (non-hydrogen) atoms. The van der Waals surface area contributed by atoms with Crippen molar-refractivity contribution in [1.29, 1.82) is 0 Å². The number of halogens is 1. The van der Waals surface area contributed by atoms with Crippen LogP contribution in [0, 0.1) is 18.3 Å². The Hall–Kier alpha value is -2.79. The van der Waals surface area contributed by atoms with E-state index in [2.05, 4.69) is 89.5 Å². The molecule has 234 valence electrons. The molecule has 0 aliphatic carbocycles. The second-order valence-corrected chi connectivity index (χ2v) is 12.8. The monoisotopic (exact) mass is 597 g/mol. The third kappa shape index (κ3) is 13.9. The van der Waals surface area contributed by atoms with Gasteiger partial charge in [-0.25, -0.2) is 0 Å². The van der Waals surface area contributed by atoms with Gasteiger partial charge in [-0.05, 0) is 74.8 Å². The van der Waals surface area contributed by atoms with Crippen LogP contribution in [0.2, 0.25) is 5.02 Å². The fourth-order valence-electron chi connectivity index (χ4n) is 4.28. The van der Waals surface area contributed by atoms with Gasteiger partial charge in [0.2, 0.25) is 6.41 Å². The molecule has 0 radical (unpaired) electrons. The highest BCUT2D eigenvalue weighted by atomic mass is 35.5. The van der Waals surface area contributed by atoms with Gasteiger partial charge in [-0.2, -0.15) is 0 Å². The van der Waals surface area contributed by atoms with Crippen molar-refractivity contribution < 1.29 is 9.59 Å². The molecular formula is C36H56ClN3O2. The van der Waals surface area contributed by atoms with E-state index in [-0.39, 0.29) is 11.7 Å². The van der Waals surface area contributed by atoms with Crippen LogP contribution < -0.4 is 10.2 Å². The number of para-hydroxylation sites is 1. The summed E-state index contributed by atoms with van der Waals surface area (Å²) in [6.45, 7) is 24.9. The lowest BCUT2D eigenvalue weighted by Gasteiger charge is -2.27. The van der Waals surface area contributed by atoms with E-state index in [0.29, 0.717) is 5.41 Å². The zero-order valence-corrected chi connectivity index (χ0v) is 28.3. The molecular weight excluding hydrogens is 542 g/mol. The predicted molar refractivity (Wildman–Crippen MR) is 183 cm³/mol. The van der Waals surface area contributed by atoms with Crippen molar-refractivity contribution >= 4 is 40.9 Å². The summed E-state index contributed by atoms with van der Waals surface area (Å²) in [5.74, 6) is 0.460. The first kappa shape index (κ1) is 37.2. The van der Waals surface area contributed by atoms with Crippen LogP contribution in [0.25, 0.3) is 5.70 Å². The second kappa shape index (κ2) is 19.4. The molecule has 1 saturated heterocycles. The van der Waals surface area contributed by atoms with Crippen LogP contribution in [0.1, 0.15) is 98.1 Å². The number of carbonyl (C=O) groups excluding carboxylic acids is 2. The number of hydrogen-bond acceptors (Lipinski definition) is 4. The maximum Gasteiger partial charge on any atom is 0.209 e. The van der Waals surface area contributed by atoms with Crippen LogP contribution in [0.15, 0.2) is 49.0 Å². The van der Waals surface area contributed by atoms with E-state index in [4.69, 9.17) is 11.6 Å². The third-order valence-electron chi connectivity index (χ3n) is 7.66. The van der Waals surface area contributed by atoms with Crippen molar-refractivity contribution in [2.24, 2.45) is 11.3 Å². The van der Waals surface area contributed by atoms with Crippen molar-refractivity contribution in [1.82, 2.24) is 4.90 Å². The molecule has 1 amide bonds. The number of nitrogens with zero attached hydrogens (tertiary/aromatic N) is 2. The summed E-state index contributed by atoms with van der Waals surface area (Å²) >= 11 is 6.46. The van der Waals surface area contributed by atoms with Gasteiger partial charge in [0.15, 0.2) is 0 Å². The van der Waals surface area contributed by atoms with Crippen molar-refractivity contribution in [2.45, 2.75) is 93.9 Å². The van der Waals surface area contributed by atoms with E-state index < -0.39 is 0 Å². The highest BCUT2D eigenvalue weighted by molar-refractivity contribution is 6.32. The Morgan fingerprint density at radius 3 is 2.19 bits per heavy atom. The average Bonchev–Trinajstić information content (AvgIpc) is 2.97. The summed E-state index contributed by atoms with van der Waals surface area (Å²) < 4.78 is 0. The van der Waals surface area contributed by atoms with Crippen LogP contribution in [0.5, 0.6) is 0 Å². The van der Waals surface area contributed by atoms with E-state index >= 15 is 0 Å². The number of unbranched alkanes of at least 4 members (excludes halogenated alkanes) is 1. The normalized spacial score (nSPS) is 13.2. The van der Waals surface area contributed by atoms with E-state index in [1.807, 2.05) is 18.2 Å². The standard InChI is InChI=1S/C22H29ClN2.C8H13NO2.C6H14/c1-5-7-15-25(14-6-2)19-12-13-21(23)20(16-19)18(4)24-22-11-9-8-10-17(22)3;1-7(11)8-2-4-9(6-10)5-3-8;1-5-6(2,3)4/h8-13,16,24H,4-7,14-15H2,1-3H3;6,8H,2-5H2,1H3;5H2,1-4H3. The van der Waals surface area contributed by atoms with E-state index in [1.54, 1.807) is 11.8 Å². The first-order chi connectivity index (χ1) is 19.9. The van der Waals surface area contributed by atoms with Crippen molar-refractivity contribution in [2.75, 3.05) is 36.4 Å². The number of ketones is 1. The van der Waals surface area contributed by atoms with Crippen LogP contribution in [-0.4, -0.2) is 43.3 Å². The number of benzene rings is 2. The van der Waals surface area contributed by atoms with Crippen LogP contribution in [0.4, 0.5) is 11.4 Å². The quantitative estimate of drug-likeness (QED) is 0.262. The third-order valence-corrected chi connectivity index (χ3v) is 7.99. The van der Waals surface area contributed by atoms with Crippen LogP contribution in [0.3, 0.4) is 0 Å². The maximum absolute atomic E-state index is 10.9. The van der Waals surface area contributed by atoms with Crippen molar-refractivity contribution in [3.8, 4) is 0 Å². The van der Waals surface area contributed by atoms with Gasteiger partial charge in [-0.1, -0.05) is 90.8 Å². The Balaban J connectivity index is 0.000000425. The number of Topliss-reactive ketones (excluding diaryl/α,β-unsaturated/α-hetero) is 1. The lowest BCUT2D eigenvalue weighted by atomic mass is 9.94. The number of carbonyl (C=O) groups is 2.